The molecular weight excluding hydrogens is 172 g/mol. The lowest BCUT2D eigenvalue weighted by atomic mass is 9.72. The van der Waals surface area contributed by atoms with Gasteiger partial charge in [-0.2, -0.15) is 0 Å². The monoisotopic (exact) mass is 193 g/mol. The number of aliphatic hydroxyl groups is 1. The fourth-order valence-electron chi connectivity index (χ4n) is 4.71. The lowest BCUT2D eigenvalue weighted by Gasteiger charge is -2.33. The standard InChI is InChI=1S/C13H21O/c1-7(2)10-3-8-4-12(10)13-6-9(14)5-11(8)13/h8-14H,3-6H2,1-2H3. The van der Waals surface area contributed by atoms with Crippen LogP contribution in [0.4, 0.5) is 0 Å². The fourth-order valence-corrected chi connectivity index (χ4v) is 4.71. The Morgan fingerprint density at radius 3 is 2.36 bits per heavy atom. The maximum Gasteiger partial charge on any atom is 0.0546 e. The maximum atomic E-state index is 9.72. The molecule has 0 aromatic carbocycles. The van der Waals surface area contributed by atoms with E-state index in [1.165, 1.54) is 12.8 Å². The lowest BCUT2D eigenvalue weighted by Crippen LogP contribution is -2.26. The molecule has 1 radical (unpaired) electrons. The second-order valence-electron chi connectivity index (χ2n) is 6.03. The highest BCUT2D eigenvalue weighted by molar-refractivity contribution is 5.10. The molecule has 0 aromatic heterocycles. The summed E-state index contributed by atoms with van der Waals surface area (Å²) in [5.74, 6) is 6.20. The first-order chi connectivity index (χ1) is 6.66. The fraction of sp³-hybridized carbons (Fsp3) is 0.923. The molecule has 3 fully saturated rings. The van der Waals surface area contributed by atoms with Crippen LogP contribution in [0, 0.1) is 35.5 Å². The largest absolute Gasteiger partial charge is 0.393 e. The minimum absolute atomic E-state index is 0.0335. The molecule has 14 heavy (non-hydrogen) atoms. The molecule has 3 aliphatic carbocycles. The van der Waals surface area contributed by atoms with E-state index in [2.05, 4.69) is 13.8 Å². The highest BCUT2D eigenvalue weighted by Crippen LogP contribution is 2.62. The van der Waals surface area contributed by atoms with E-state index in [0.717, 1.165) is 42.4 Å². The van der Waals surface area contributed by atoms with Crippen molar-refractivity contribution in [2.24, 2.45) is 29.6 Å². The summed E-state index contributed by atoms with van der Waals surface area (Å²) in [5.41, 5.74) is 0. The molecule has 79 valence electrons. The van der Waals surface area contributed by atoms with Crippen LogP contribution in [0.3, 0.4) is 0 Å². The van der Waals surface area contributed by atoms with Crippen molar-refractivity contribution in [1.82, 2.24) is 0 Å². The summed E-state index contributed by atoms with van der Waals surface area (Å²) in [7, 11) is 0. The van der Waals surface area contributed by atoms with Gasteiger partial charge in [-0.05, 0) is 61.2 Å². The molecule has 0 heterocycles. The zero-order chi connectivity index (χ0) is 9.87. The molecule has 6 atom stereocenters. The van der Waals surface area contributed by atoms with Gasteiger partial charge in [-0.3, -0.25) is 0 Å². The van der Waals surface area contributed by atoms with Gasteiger partial charge in [-0.15, -0.1) is 0 Å². The van der Waals surface area contributed by atoms with Crippen molar-refractivity contribution >= 4 is 0 Å². The highest BCUT2D eigenvalue weighted by Gasteiger charge is 2.55. The van der Waals surface area contributed by atoms with Crippen LogP contribution in [0.2, 0.25) is 0 Å². The van der Waals surface area contributed by atoms with Crippen LogP contribution >= 0.6 is 0 Å². The van der Waals surface area contributed by atoms with Gasteiger partial charge in [0.15, 0.2) is 0 Å². The van der Waals surface area contributed by atoms with Crippen molar-refractivity contribution in [2.45, 2.75) is 45.6 Å². The Morgan fingerprint density at radius 2 is 1.64 bits per heavy atom. The van der Waals surface area contributed by atoms with Gasteiger partial charge in [0.1, 0.15) is 0 Å². The Labute approximate surface area is 86.9 Å². The van der Waals surface area contributed by atoms with Crippen LogP contribution in [0.1, 0.15) is 39.5 Å². The van der Waals surface area contributed by atoms with Crippen molar-refractivity contribution in [2.75, 3.05) is 0 Å². The Bertz CT molecular complexity index is 235. The van der Waals surface area contributed by atoms with Crippen LogP contribution in [0.5, 0.6) is 0 Å². The van der Waals surface area contributed by atoms with E-state index < -0.39 is 0 Å². The maximum absolute atomic E-state index is 9.72. The first-order valence-electron chi connectivity index (χ1n) is 6.15. The topological polar surface area (TPSA) is 20.2 Å². The van der Waals surface area contributed by atoms with Crippen molar-refractivity contribution in [1.29, 1.82) is 0 Å². The normalized spacial score (nSPS) is 55.7. The van der Waals surface area contributed by atoms with E-state index in [4.69, 9.17) is 0 Å². The molecule has 1 N–H and O–H groups in total. The molecule has 3 saturated carbocycles. The molecule has 1 heteroatoms. The summed E-state index contributed by atoms with van der Waals surface area (Å²) in [6.45, 7) is 4.59. The van der Waals surface area contributed by atoms with E-state index in [0.29, 0.717) is 0 Å². The van der Waals surface area contributed by atoms with Crippen molar-refractivity contribution < 1.29 is 5.11 Å². The zero-order valence-electron chi connectivity index (χ0n) is 9.24. The molecule has 0 saturated heterocycles. The SMILES string of the molecule is C[C](C)C1CC2CC1C1CC(O)CC21. The lowest BCUT2D eigenvalue weighted by molar-refractivity contribution is 0.165. The van der Waals surface area contributed by atoms with Gasteiger partial charge in [0.2, 0.25) is 0 Å². The van der Waals surface area contributed by atoms with E-state index in [9.17, 15) is 5.11 Å². The summed E-state index contributed by atoms with van der Waals surface area (Å²) in [5, 5.41) is 9.72. The van der Waals surface area contributed by atoms with Gasteiger partial charge in [0.05, 0.1) is 6.10 Å². The second-order valence-corrected chi connectivity index (χ2v) is 6.03. The van der Waals surface area contributed by atoms with E-state index in [-0.39, 0.29) is 6.10 Å². The van der Waals surface area contributed by atoms with E-state index in [1.54, 1.807) is 5.92 Å². The van der Waals surface area contributed by atoms with Crippen molar-refractivity contribution in [3.63, 3.8) is 0 Å². The van der Waals surface area contributed by atoms with Gasteiger partial charge in [0, 0.05) is 0 Å². The molecule has 0 aliphatic heterocycles. The molecule has 0 amide bonds. The van der Waals surface area contributed by atoms with Gasteiger partial charge in [-0.25, -0.2) is 0 Å². The smallest absolute Gasteiger partial charge is 0.0546 e. The molecule has 3 aliphatic rings. The van der Waals surface area contributed by atoms with E-state index >= 15 is 0 Å². The highest BCUT2D eigenvalue weighted by atomic mass is 16.3. The average molecular weight is 193 g/mol. The molecule has 0 spiro atoms. The third-order valence-electron chi connectivity index (χ3n) is 5.18. The molecule has 0 aromatic rings. The Hall–Kier alpha value is -0.0400. The minimum Gasteiger partial charge on any atom is -0.393 e. The first-order valence-corrected chi connectivity index (χ1v) is 6.15. The van der Waals surface area contributed by atoms with Crippen LogP contribution in [-0.2, 0) is 0 Å². The summed E-state index contributed by atoms with van der Waals surface area (Å²) in [4.78, 5) is 0. The van der Waals surface area contributed by atoms with Crippen LogP contribution in [0.25, 0.3) is 0 Å². The third-order valence-corrected chi connectivity index (χ3v) is 5.18. The molecule has 3 rings (SSSR count). The number of hydrogen-bond donors (Lipinski definition) is 1. The zero-order valence-corrected chi connectivity index (χ0v) is 9.24. The van der Waals surface area contributed by atoms with Crippen LogP contribution in [0.15, 0.2) is 0 Å². The number of fused-ring (bicyclic) bond motifs is 5. The minimum atomic E-state index is 0.0335. The Kier molecular flexibility index (Phi) is 1.96. The van der Waals surface area contributed by atoms with Gasteiger partial charge < -0.3 is 5.11 Å². The number of aliphatic hydroxyl groups excluding tert-OH is 1. The predicted octanol–water partition coefficient (Wildman–Crippen LogP) is 2.64. The van der Waals surface area contributed by atoms with Crippen LogP contribution in [-0.4, -0.2) is 11.2 Å². The Balaban J connectivity index is 1.80. The van der Waals surface area contributed by atoms with Crippen LogP contribution < -0.4 is 0 Å². The summed E-state index contributed by atoms with van der Waals surface area (Å²) in [6.07, 6.45) is 5.15. The predicted molar refractivity (Wildman–Crippen MR) is 56.5 cm³/mol. The molecule has 6 unspecified atom stereocenters. The summed E-state index contributed by atoms with van der Waals surface area (Å²) < 4.78 is 0. The molecular formula is C13H21O. The van der Waals surface area contributed by atoms with Gasteiger partial charge in [0.25, 0.3) is 0 Å². The number of rotatable bonds is 1. The summed E-state index contributed by atoms with van der Waals surface area (Å²) >= 11 is 0. The summed E-state index contributed by atoms with van der Waals surface area (Å²) in [6, 6.07) is 0. The van der Waals surface area contributed by atoms with E-state index in [1.807, 2.05) is 0 Å². The number of hydrogen-bond acceptors (Lipinski definition) is 1. The van der Waals surface area contributed by atoms with Crippen molar-refractivity contribution in [3.05, 3.63) is 5.92 Å². The van der Waals surface area contributed by atoms with Crippen molar-refractivity contribution in [3.8, 4) is 0 Å². The quantitative estimate of drug-likeness (QED) is 0.678. The van der Waals surface area contributed by atoms with Gasteiger partial charge in [-0.1, -0.05) is 13.8 Å². The van der Waals surface area contributed by atoms with Gasteiger partial charge >= 0.3 is 0 Å². The average Bonchev–Trinajstić information content (AvgIpc) is 2.70. The first kappa shape index (κ1) is 9.21. The molecule has 1 nitrogen and oxygen atoms in total. The molecule has 2 bridgehead atoms. The third kappa shape index (κ3) is 1.11. The second kappa shape index (κ2) is 2.98. The Morgan fingerprint density at radius 1 is 0.929 bits per heavy atom.